The lowest BCUT2D eigenvalue weighted by Gasteiger charge is -2.20. The molecule has 0 spiro atoms. The van der Waals surface area contributed by atoms with Gasteiger partial charge in [0.25, 0.3) is 0 Å². The van der Waals surface area contributed by atoms with Crippen molar-refractivity contribution >= 4 is 11.7 Å². The predicted molar refractivity (Wildman–Crippen MR) is 95.5 cm³/mol. The fourth-order valence-electron chi connectivity index (χ4n) is 2.90. The number of aliphatic hydroxyl groups excluding tert-OH is 1. The van der Waals surface area contributed by atoms with Crippen LogP contribution in [0.2, 0.25) is 0 Å². The van der Waals surface area contributed by atoms with Crippen molar-refractivity contribution in [1.82, 2.24) is 4.90 Å². The minimum atomic E-state index is -0.542. The summed E-state index contributed by atoms with van der Waals surface area (Å²) in [5.74, 6) is 1.05. The van der Waals surface area contributed by atoms with E-state index in [1.165, 1.54) is 0 Å². The molecule has 0 atom stereocenters. The molecule has 0 bridgehead atoms. The highest BCUT2D eigenvalue weighted by atomic mass is 16.5. The van der Waals surface area contributed by atoms with Gasteiger partial charge in [-0.1, -0.05) is 12.1 Å². The quantitative estimate of drug-likeness (QED) is 0.828. The number of ketones is 1. The van der Waals surface area contributed by atoms with E-state index in [0.717, 1.165) is 16.9 Å². The Balaban J connectivity index is 1.74. The molecule has 1 N–H and O–H groups in total. The van der Waals surface area contributed by atoms with Crippen LogP contribution in [0.3, 0.4) is 0 Å². The number of methoxy groups -OCH3 is 1. The molecule has 3 rings (SSSR count). The maximum atomic E-state index is 12.7. The second-order valence-corrected chi connectivity index (χ2v) is 6.09. The molecular weight excluding hydrogens is 334 g/mol. The van der Waals surface area contributed by atoms with Gasteiger partial charge in [0.15, 0.2) is 5.78 Å². The average Bonchev–Trinajstić information content (AvgIpc) is 2.89. The number of carbonyl (C=O) groups is 2. The van der Waals surface area contributed by atoms with Crippen LogP contribution < -0.4 is 9.47 Å². The molecule has 26 heavy (non-hydrogen) atoms. The lowest BCUT2D eigenvalue weighted by atomic mass is 10.1. The molecule has 6 nitrogen and oxygen atoms in total. The van der Waals surface area contributed by atoms with Gasteiger partial charge < -0.3 is 19.5 Å². The van der Waals surface area contributed by atoms with Crippen LogP contribution in [-0.4, -0.2) is 48.6 Å². The van der Waals surface area contributed by atoms with E-state index in [-0.39, 0.29) is 18.1 Å². The van der Waals surface area contributed by atoms with Gasteiger partial charge in [-0.05, 0) is 35.9 Å². The first-order valence-electron chi connectivity index (χ1n) is 8.41. The summed E-state index contributed by atoms with van der Waals surface area (Å²) in [4.78, 5) is 26.1. The van der Waals surface area contributed by atoms with Crippen LogP contribution >= 0.6 is 0 Å². The van der Waals surface area contributed by atoms with E-state index in [1.54, 1.807) is 30.2 Å². The van der Waals surface area contributed by atoms with Crippen molar-refractivity contribution in [2.24, 2.45) is 0 Å². The first kappa shape index (κ1) is 17.9. The third-order valence-electron chi connectivity index (χ3n) is 4.37. The van der Waals surface area contributed by atoms with E-state index in [1.807, 2.05) is 24.3 Å². The monoisotopic (exact) mass is 355 g/mol. The van der Waals surface area contributed by atoms with Crippen molar-refractivity contribution in [3.63, 3.8) is 0 Å². The second-order valence-electron chi connectivity index (χ2n) is 6.09. The highest BCUT2D eigenvalue weighted by Crippen LogP contribution is 2.25. The Labute approximate surface area is 152 Å². The fourth-order valence-corrected chi connectivity index (χ4v) is 2.90. The molecular formula is C20H21NO5. The number of hydrogen-bond donors (Lipinski definition) is 1. The summed E-state index contributed by atoms with van der Waals surface area (Å²) in [7, 11) is 1.60. The lowest BCUT2D eigenvalue weighted by molar-refractivity contribution is -0.131. The maximum absolute atomic E-state index is 12.7. The van der Waals surface area contributed by atoms with Crippen molar-refractivity contribution in [2.45, 2.75) is 13.0 Å². The van der Waals surface area contributed by atoms with Gasteiger partial charge in [-0.25, -0.2) is 0 Å². The minimum absolute atomic E-state index is 0.00879. The maximum Gasteiger partial charge on any atom is 0.227 e. The molecule has 0 unspecified atom stereocenters. The second kappa shape index (κ2) is 8.01. The predicted octanol–water partition coefficient (Wildman–Crippen LogP) is 1.83. The fraction of sp³-hybridized carbons (Fsp3) is 0.300. The first-order chi connectivity index (χ1) is 12.6. The van der Waals surface area contributed by atoms with Gasteiger partial charge in [0.05, 0.1) is 20.1 Å². The third kappa shape index (κ3) is 4.03. The molecule has 6 heteroatoms. The number of aliphatic hydroxyl groups is 1. The zero-order valence-corrected chi connectivity index (χ0v) is 14.6. The van der Waals surface area contributed by atoms with Gasteiger partial charge in [0.1, 0.15) is 24.7 Å². The van der Waals surface area contributed by atoms with Gasteiger partial charge in [-0.3, -0.25) is 9.59 Å². The van der Waals surface area contributed by atoms with Crippen LogP contribution in [-0.2, 0) is 17.8 Å². The number of carbonyl (C=O) groups excluding carboxylic acids is 2. The van der Waals surface area contributed by atoms with Crippen LogP contribution in [0.5, 0.6) is 11.5 Å². The zero-order valence-electron chi connectivity index (χ0n) is 14.6. The van der Waals surface area contributed by atoms with E-state index in [2.05, 4.69) is 0 Å². The highest BCUT2D eigenvalue weighted by Gasteiger charge is 2.21. The molecule has 0 saturated carbocycles. The number of fused-ring (bicyclic) bond motifs is 1. The number of nitrogens with zero attached hydrogens (tertiary/aromatic N) is 1. The van der Waals surface area contributed by atoms with E-state index in [9.17, 15) is 9.59 Å². The Kier molecular flexibility index (Phi) is 5.53. The molecule has 2 aromatic rings. The SMILES string of the molecule is COc1ccc(CC(=O)N2CCOc3ccc(C(=O)CO)cc3C2)cc1. The Morgan fingerprint density at radius 2 is 1.96 bits per heavy atom. The largest absolute Gasteiger partial charge is 0.497 e. The smallest absolute Gasteiger partial charge is 0.227 e. The molecule has 0 fully saturated rings. The Morgan fingerprint density at radius 1 is 1.19 bits per heavy atom. The standard InChI is InChI=1S/C20H21NO5/c1-25-17-5-2-14(3-6-17)10-20(24)21-8-9-26-19-7-4-15(18(23)13-22)11-16(19)12-21/h2-7,11,22H,8-10,12-13H2,1H3. The number of Topliss-reactive ketones (excluding diaryl/α,β-unsaturated/α-hetero) is 1. The molecule has 2 aromatic carbocycles. The topological polar surface area (TPSA) is 76.1 Å². The highest BCUT2D eigenvalue weighted by molar-refractivity contribution is 5.97. The molecule has 1 aliphatic rings. The number of ether oxygens (including phenoxy) is 2. The van der Waals surface area contributed by atoms with Crippen molar-refractivity contribution in [3.8, 4) is 11.5 Å². The van der Waals surface area contributed by atoms with Gasteiger partial charge in [0, 0.05) is 17.7 Å². The summed E-state index contributed by atoms with van der Waals surface area (Å²) in [5.41, 5.74) is 2.09. The molecule has 0 radical (unpaired) electrons. The average molecular weight is 355 g/mol. The molecule has 1 heterocycles. The van der Waals surface area contributed by atoms with Gasteiger partial charge >= 0.3 is 0 Å². The summed E-state index contributed by atoms with van der Waals surface area (Å²) >= 11 is 0. The third-order valence-corrected chi connectivity index (χ3v) is 4.37. The summed E-state index contributed by atoms with van der Waals surface area (Å²) in [5, 5.41) is 9.04. The zero-order chi connectivity index (χ0) is 18.5. The molecule has 1 aliphatic heterocycles. The molecule has 0 aliphatic carbocycles. The Hall–Kier alpha value is -2.86. The van der Waals surface area contributed by atoms with Crippen molar-refractivity contribution in [1.29, 1.82) is 0 Å². The summed E-state index contributed by atoms with van der Waals surface area (Å²) < 4.78 is 10.8. The molecule has 1 amide bonds. The minimum Gasteiger partial charge on any atom is -0.497 e. The lowest BCUT2D eigenvalue weighted by Crippen LogP contribution is -2.33. The van der Waals surface area contributed by atoms with Crippen LogP contribution in [0.1, 0.15) is 21.5 Å². The molecule has 0 aromatic heterocycles. The normalized spacial score (nSPS) is 13.4. The number of hydrogen-bond acceptors (Lipinski definition) is 5. The van der Waals surface area contributed by atoms with Gasteiger partial charge in [0.2, 0.25) is 5.91 Å². The van der Waals surface area contributed by atoms with Gasteiger partial charge in [-0.15, -0.1) is 0 Å². The number of benzene rings is 2. The first-order valence-corrected chi connectivity index (χ1v) is 8.41. The number of amides is 1. The van der Waals surface area contributed by atoms with Crippen molar-refractivity contribution in [2.75, 3.05) is 26.9 Å². The van der Waals surface area contributed by atoms with Crippen molar-refractivity contribution < 1.29 is 24.2 Å². The molecule has 136 valence electrons. The summed E-state index contributed by atoms with van der Waals surface area (Å²) in [6.45, 7) is 0.707. The molecule has 0 saturated heterocycles. The Morgan fingerprint density at radius 3 is 2.65 bits per heavy atom. The van der Waals surface area contributed by atoms with E-state index >= 15 is 0 Å². The van der Waals surface area contributed by atoms with Crippen LogP contribution in [0.15, 0.2) is 42.5 Å². The van der Waals surface area contributed by atoms with Crippen molar-refractivity contribution in [3.05, 3.63) is 59.2 Å². The van der Waals surface area contributed by atoms with E-state index < -0.39 is 6.61 Å². The number of rotatable bonds is 5. The van der Waals surface area contributed by atoms with Crippen LogP contribution in [0.4, 0.5) is 0 Å². The van der Waals surface area contributed by atoms with E-state index in [4.69, 9.17) is 14.6 Å². The summed E-state index contributed by atoms with van der Waals surface area (Å²) in [6, 6.07) is 12.4. The van der Waals surface area contributed by atoms with Crippen LogP contribution in [0, 0.1) is 0 Å². The summed E-state index contributed by atoms with van der Waals surface area (Å²) in [6.07, 6.45) is 0.286. The van der Waals surface area contributed by atoms with E-state index in [0.29, 0.717) is 31.0 Å². The van der Waals surface area contributed by atoms with Gasteiger partial charge in [-0.2, -0.15) is 0 Å². The van der Waals surface area contributed by atoms with Crippen LogP contribution in [0.25, 0.3) is 0 Å². The Bertz CT molecular complexity index is 800.